The predicted octanol–water partition coefficient (Wildman–Crippen LogP) is 5.82. The molecule has 2 rings (SSSR count). The van der Waals surface area contributed by atoms with Crippen LogP contribution < -0.4 is 0 Å². The molecule has 0 spiro atoms. The van der Waals surface area contributed by atoms with Crippen LogP contribution in [-0.2, 0) is 5.41 Å². The van der Waals surface area contributed by atoms with Crippen LogP contribution in [0.25, 0.3) is 0 Å². The largest absolute Gasteiger partial charge is 0.0628 e. The van der Waals surface area contributed by atoms with E-state index >= 15 is 0 Å². The van der Waals surface area contributed by atoms with Gasteiger partial charge < -0.3 is 0 Å². The lowest BCUT2D eigenvalue weighted by molar-refractivity contribution is 0.448. The van der Waals surface area contributed by atoms with Crippen molar-refractivity contribution in [3.63, 3.8) is 0 Å². The summed E-state index contributed by atoms with van der Waals surface area (Å²) in [6.07, 6.45) is 3.78. The lowest BCUT2D eigenvalue weighted by Gasteiger charge is -2.31. The van der Waals surface area contributed by atoms with Gasteiger partial charge in [-0.3, -0.25) is 0 Å². The van der Waals surface area contributed by atoms with Gasteiger partial charge in [0.15, 0.2) is 0 Å². The summed E-state index contributed by atoms with van der Waals surface area (Å²) in [6, 6.07) is 21.9. The van der Waals surface area contributed by atoms with Gasteiger partial charge in [-0.15, -0.1) is 0 Å². The molecule has 106 valence electrons. The van der Waals surface area contributed by atoms with E-state index < -0.39 is 0 Å². The molecule has 0 unspecified atom stereocenters. The number of hydrogen-bond donors (Lipinski definition) is 0. The predicted molar refractivity (Wildman–Crippen MR) is 88.0 cm³/mol. The lowest BCUT2D eigenvalue weighted by Crippen LogP contribution is -2.23. The minimum absolute atomic E-state index is 0.122. The fourth-order valence-electron chi connectivity index (χ4n) is 2.93. The van der Waals surface area contributed by atoms with E-state index in [2.05, 4.69) is 81.4 Å². The van der Waals surface area contributed by atoms with Crippen molar-refractivity contribution in [1.82, 2.24) is 0 Å². The SMILES string of the molecule is CC(C)CCCC(C)(c1ccccc1)c1ccccc1. The third-order valence-corrected chi connectivity index (χ3v) is 4.28. The fourth-order valence-corrected chi connectivity index (χ4v) is 2.93. The molecule has 0 atom stereocenters. The Labute approximate surface area is 123 Å². The minimum Gasteiger partial charge on any atom is -0.0628 e. The lowest BCUT2D eigenvalue weighted by atomic mass is 9.72. The average Bonchev–Trinajstić information content (AvgIpc) is 2.48. The van der Waals surface area contributed by atoms with Crippen LogP contribution in [0.5, 0.6) is 0 Å². The maximum absolute atomic E-state index is 2.39. The third kappa shape index (κ3) is 3.50. The highest BCUT2D eigenvalue weighted by Gasteiger charge is 2.27. The van der Waals surface area contributed by atoms with Crippen molar-refractivity contribution in [2.24, 2.45) is 5.92 Å². The van der Waals surface area contributed by atoms with Gasteiger partial charge in [-0.1, -0.05) is 94.3 Å². The first kappa shape index (κ1) is 14.8. The highest BCUT2D eigenvalue weighted by atomic mass is 14.3. The summed E-state index contributed by atoms with van der Waals surface area (Å²) in [5.74, 6) is 0.783. The Hall–Kier alpha value is -1.56. The molecule has 0 aliphatic rings. The first-order chi connectivity index (χ1) is 9.63. The van der Waals surface area contributed by atoms with E-state index in [-0.39, 0.29) is 5.41 Å². The number of benzene rings is 2. The van der Waals surface area contributed by atoms with Crippen LogP contribution >= 0.6 is 0 Å². The smallest absolute Gasteiger partial charge is 0.0174 e. The second kappa shape index (κ2) is 6.74. The van der Waals surface area contributed by atoms with Gasteiger partial charge in [-0.25, -0.2) is 0 Å². The van der Waals surface area contributed by atoms with Crippen molar-refractivity contribution >= 4 is 0 Å². The third-order valence-electron chi connectivity index (χ3n) is 4.28. The summed E-state index contributed by atoms with van der Waals surface area (Å²) in [7, 11) is 0. The molecular formula is C20H26. The molecule has 0 nitrogen and oxygen atoms in total. The first-order valence-corrected chi connectivity index (χ1v) is 7.74. The van der Waals surface area contributed by atoms with Crippen LogP contribution in [0.1, 0.15) is 51.2 Å². The van der Waals surface area contributed by atoms with Crippen molar-refractivity contribution in [1.29, 1.82) is 0 Å². The van der Waals surface area contributed by atoms with Crippen LogP contribution in [0.2, 0.25) is 0 Å². The Kier molecular flexibility index (Phi) is 5.00. The van der Waals surface area contributed by atoms with Crippen LogP contribution in [0, 0.1) is 5.92 Å². The van der Waals surface area contributed by atoms with E-state index in [1.54, 1.807) is 0 Å². The molecule has 2 aromatic rings. The summed E-state index contributed by atoms with van der Waals surface area (Å²) in [5.41, 5.74) is 2.97. The Balaban J connectivity index is 2.29. The Bertz CT molecular complexity index is 457. The zero-order valence-corrected chi connectivity index (χ0v) is 13.0. The Morgan fingerprint density at radius 1 is 0.800 bits per heavy atom. The van der Waals surface area contributed by atoms with Crippen molar-refractivity contribution in [2.45, 2.75) is 45.4 Å². The Morgan fingerprint density at radius 3 is 1.65 bits per heavy atom. The molecule has 0 N–H and O–H groups in total. The average molecular weight is 266 g/mol. The van der Waals surface area contributed by atoms with Crippen LogP contribution in [0.3, 0.4) is 0 Å². The summed E-state index contributed by atoms with van der Waals surface area (Å²) >= 11 is 0. The molecule has 0 aliphatic carbocycles. The summed E-state index contributed by atoms with van der Waals surface area (Å²) in [5, 5.41) is 0. The standard InChI is InChI=1S/C20H26/c1-17(2)11-10-16-20(3,18-12-6-4-7-13-18)19-14-8-5-9-15-19/h4-9,12-15,17H,10-11,16H2,1-3H3. The van der Waals surface area contributed by atoms with Crippen LogP contribution in [-0.4, -0.2) is 0 Å². The van der Waals surface area contributed by atoms with Gasteiger partial charge >= 0.3 is 0 Å². The van der Waals surface area contributed by atoms with Crippen LogP contribution in [0.15, 0.2) is 60.7 Å². The molecule has 0 bridgehead atoms. The molecule has 0 amide bonds. The maximum atomic E-state index is 2.39. The van der Waals surface area contributed by atoms with Gasteiger partial charge in [0.25, 0.3) is 0 Å². The van der Waals surface area contributed by atoms with Gasteiger partial charge in [0, 0.05) is 5.41 Å². The monoisotopic (exact) mass is 266 g/mol. The molecule has 0 saturated heterocycles. The summed E-state index contributed by atoms with van der Waals surface area (Å²) in [4.78, 5) is 0. The molecule has 0 heterocycles. The van der Waals surface area contributed by atoms with Gasteiger partial charge in [0.1, 0.15) is 0 Å². The number of hydrogen-bond acceptors (Lipinski definition) is 0. The number of rotatable bonds is 6. The second-order valence-corrected chi connectivity index (χ2v) is 6.35. The van der Waals surface area contributed by atoms with E-state index in [0.29, 0.717) is 0 Å². The van der Waals surface area contributed by atoms with E-state index in [9.17, 15) is 0 Å². The zero-order valence-electron chi connectivity index (χ0n) is 13.0. The fraction of sp³-hybridized carbons (Fsp3) is 0.400. The highest BCUT2D eigenvalue weighted by molar-refractivity contribution is 5.38. The van der Waals surface area contributed by atoms with E-state index in [1.807, 2.05) is 0 Å². The van der Waals surface area contributed by atoms with Gasteiger partial charge in [0.2, 0.25) is 0 Å². The van der Waals surface area contributed by atoms with E-state index in [1.165, 1.54) is 30.4 Å². The highest BCUT2D eigenvalue weighted by Crippen LogP contribution is 2.36. The molecule has 0 fully saturated rings. The van der Waals surface area contributed by atoms with Crippen LogP contribution in [0.4, 0.5) is 0 Å². The van der Waals surface area contributed by atoms with Gasteiger partial charge in [-0.2, -0.15) is 0 Å². The molecule has 2 aromatic carbocycles. The van der Waals surface area contributed by atoms with Crippen molar-refractivity contribution < 1.29 is 0 Å². The normalized spacial score (nSPS) is 11.8. The topological polar surface area (TPSA) is 0 Å². The van der Waals surface area contributed by atoms with Gasteiger partial charge in [0.05, 0.1) is 0 Å². The van der Waals surface area contributed by atoms with E-state index in [4.69, 9.17) is 0 Å². The molecular weight excluding hydrogens is 240 g/mol. The molecule has 0 heteroatoms. The van der Waals surface area contributed by atoms with Crippen molar-refractivity contribution in [3.05, 3.63) is 71.8 Å². The minimum atomic E-state index is 0.122. The summed E-state index contributed by atoms with van der Waals surface area (Å²) in [6.45, 7) is 7.00. The Morgan fingerprint density at radius 2 is 1.25 bits per heavy atom. The molecule has 0 aliphatic heterocycles. The zero-order chi connectivity index (χ0) is 14.4. The molecule has 0 aromatic heterocycles. The van der Waals surface area contributed by atoms with E-state index in [0.717, 1.165) is 5.92 Å². The van der Waals surface area contributed by atoms with Crippen molar-refractivity contribution in [3.8, 4) is 0 Å². The van der Waals surface area contributed by atoms with Crippen molar-refractivity contribution in [2.75, 3.05) is 0 Å². The molecule has 0 radical (unpaired) electrons. The second-order valence-electron chi connectivity index (χ2n) is 6.35. The molecule has 0 saturated carbocycles. The maximum Gasteiger partial charge on any atom is 0.0174 e. The quantitative estimate of drug-likeness (QED) is 0.618. The molecule has 20 heavy (non-hydrogen) atoms. The summed E-state index contributed by atoms with van der Waals surface area (Å²) < 4.78 is 0. The van der Waals surface area contributed by atoms with Gasteiger partial charge in [-0.05, 0) is 23.5 Å². The first-order valence-electron chi connectivity index (χ1n) is 7.74.